The van der Waals surface area contributed by atoms with E-state index < -0.39 is 39.3 Å². The van der Waals surface area contributed by atoms with Crippen LogP contribution in [0.25, 0.3) is 11.5 Å². The Morgan fingerprint density at radius 3 is 2.37 bits per heavy atom. The third-order valence-corrected chi connectivity index (χ3v) is 8.14. The zero-order valence-electron chi connectivity index (χ0n) is 21.3. The second kappa shape index (κ2) is 11.0. The minimum Gasteiger partial charge on any atom is -0.444 e. The van der Waals surface area contributed by atoms with Gasteiger partial charge in [-0.05, 0) is 57.9 Å². The Bertz CT molecular complexity index is 1340. The Morgan fingerprint density at radius 2 is 1.82 bits per heavy atom. The lowest BCUT2D eigenvalue weighted by atomic mass is 10.1. The normalized spacial score (nSPS) is 15.1. The second-order valence-corrected chi connectivity index (χ2v) is 12.0. The molecule has 1 fully saturated rings. The van der Waals surface area contributed by atoms with Crippen LogP contribution in [0.3, 0.4) is 0 Å². The minimum absolute atomic E-state index is 0.0506. The lowest BCUT2D eigenvalue weighted by Crippen LogP contribution is -2.48. The molecule has 10 nitrogen and oxygen atoms in total. The Hall–Kier alpha value is -3.61. The van der Waals surface area contributed by atoms with Gasteiger partial charge in [0.2, 0.25) is 15.9 Å². The van der Waals surface area contributed by atoms with Crippen LogP contribution in [0.2, 0.25) is 0 Å². The van der Waals surface area contributed by atoms with Crippen molar-refractivity contribution in [3.63, 3.8) is 0 Å². The third-order valence-electron chi connectivity index (χ3n) is 5.87. The molecule has 4 rings (SSSR count). The average molecular weight is 550 g/mol. The summed E-state index contributed by atoms with van der Waals surface area (Å²) >= 11 is 0. The van der Waals surface area contributed by atoms with E-state index >= 15 is 0 Å². The van der Waals surface area contributed by atoms with E-state index in [-0.39, 0.29) is 38.4 Å². The molecule has 1 amide bonds. The molecule has 0 atom stereocenters. The highest BCUT2D eigenvalue weighted by molar-refractivity contribution is 7.93. The summed E-state index contributed by atoms with van der Waals surface area (Å²) in [5, 5.41) is 6.21. The first-order valence-corrected chi connectivity index (χ1v) is 13.6. The van der Waals surface area contributed by atoms with Crippen LogP contribution < -0.4 is 4.31 Å². The lowest BCUT2D eigenvalue weighted by Gasteiger charge is -2.35. The van der Waals surface area contributed by atoms with Crippen molar-refractivity contribution >= 4 is 21.8 Å². The molecule has 13 heteroatoms. The van der Waals surface area contributed by atoms with E-state index in [9.17, 15) is 22.0 Å². The number of likely N-dealkylation sites (tertiary alicyclic amines) is 1. The predicted octanol–water partition coefficient (Wildman–Crippen LogP) is 4.81. The number of halogens is 2. The monoisotopic (exact) mass is 549 g/mol. The summed E-state index contributed by atoms with van der Waals surface area (Å²) in [5.41, 5.74) is 0.602. The van der Waals surface area contributed by atoms with Gasteiger partial charge < -0.3 is 14.1 Å². The van der Waals surface area contributed by atoms with E-state index in [4.69, 9.17) is 9.15 Å². The average Bonchev–Trinajstić information content (AvgIpc) is 3.38. The summed E-state index contributed by atoms with van der Waals surface area (Å²) < 4.78 is 64.8. The molecule has 1 saturated heterocycles. The van der Waals surface area contributed by atoms with E-state index in [1.807, 2.05) is 0 Å². The quantitative estimate of drug-likeness (QED) is 0.412. The van der Waals surface area contributed by atoms with Crippen molar-refractivity contribution in [3.05, 3.63) is 60.2 Å². The summed E-state index contributed by atoms with van der Waals surface area (Å²) in [6.45, 7) is 5.82. The van der Waals surface area contributed by atoms with Crippen molar-refractivity contribution in [2.75, 3.05) is 17.4 Å². The molecule has 0 saturated carbocycles. The Labute approximate surface area is 219 Å². The number of nitrogens with zero attached hydrogens (tertiary/aromatic N) is 5. The van der Waals surface area contributed by atoms with Crippen LogP contribution in [0.4, 0.5) is 19.3 Å². The molecule has 0 unspecified atom stereocenters. The number of sulfonamides is 1. The molecule has 0 spiro atoms. The zero-order chi connectivity index (χ0) is 27.5. The van der Waals surface area contributed by atoms with Gasteiger partial charge in [0, 0.05) is 19.3 Å². The van der Waals surface area contributed by atoms with Gasteiger partial charge in [-0.1, -0.05) is 18.2 Å². The summed E-state index contributed by atoms with van der Waals surface area (Å²) in [4.78, 5) is 18.3. The van der Waals surface area contributed by atoms with E-state index in [2.05, 4.69) is 15.2 Å². The summed E-state index contributed by atoms with van der Waals surface area (Å²) in [6.07, 6.45) is -1.45. The van der Waals surface area contributed by atoms with Gasteiger partial charge in [-0.3, -0.25) is 9.29 Å². The molecule has 1 aromatic carbocycles. The van der Waals surface area contributed by atoms with E-state index in [0.717, 1.165) is 0 Å². The van der Waals surface area contributed by atoms with Crippen LogP contribution in [0.15, 0.2) is 53.1 Å². The van der Waals surface area contributed by atoms with Crippen molar-refractivity contribution in [2.45, 2.75) is 57.4 Å². The molecule has 0 N–H and O–H groups in total. The smallest absolute Gasteiger partial charge is 0.410 e. The first-order chi connectivity index (χ1) is 17.9. The molecule has 204 valence electrons. The third kappa shape index (κ3) is 6.44. The van der Waals surface area contributed by atoms with Gasteiger partial charge >= 0.3 is 12.5 Å². The number of ether oxygens (including phenoxy) is 1. The summed E-state index contributed by atoms with van der Waals surface area (Å²) in [6, 6.07) is 11.8. The van der Waals surface area contributed by atoms with Crippen molar-refractivity contribution in [1.29, 1.82) is 0 Å². The fraction of sp³-hybridized carbons (Fsp3) is 0.440. The Morgan fingerprint density at radius 1 is 1.13 bits per heavy atom. The molecule has 0 aliphatic carbocycles. The molecule has 38 heavy (non-hydrogen) atoms. The van der Waals surface area contributed by atoms with Crippen molar-refractivity contribution in [3.8, 4) is 11.5 Å². The number of amides is 1. The topological polar surface area (TPSA) is 119 Å². The highest BCUT2D eigenvalue weighted by Gasteiger charge is 2.37. The number of rotatable bonds is 7. The second-order valence-electron chi connectivity index (χ2n) is 9.84. The minimum atomic E-state index is -3.84. The SMILES string of the molecule is CC(C)(C)OC(=O)N1CCC(S(=O)(=O)N(Cc2ccc(-c3nnc(C(F)F)o3)cn2)c2ccccc2)CC1. The maximum Gasteiger partial charge on any atom is 0.410 e. The van der Waals surface area contributed by atoms with Crippen molar-refractivity contribution < 1.29 is 31.1 Å². The predicted molar refractivity (Wildman–Crippen MR) is 135 cm³/mol. The largest absolute Gasteiger partial charge is 0.444 e. The first-order valence-electron chi connectivity index (χ1n) is 12.1. The van der Waals surface area contributed by atoms with Crippen LogP contribution in [0.1, 0.15) is 51.6 Å². The van der Waals surface area contributed by atoms with Crippen LogP contribution in [-0.2, 0) is 21.3 Å². The van der Waals surface area contributed by atoms with Crippen LogP contribution in [0.5, 0.6) is 0 Å². The molecular weight excluding hydrogens is 520 g/mol. The Kier molecular flexibility index (Phi) is 7.95. The molecule has 1 aliphatic rings. The Balaban J connectivity index is 1.51. The number of aromatic nitrogens is 3. The molecule has 0 radical (unpaired) electrons. The van der Waals surface area contributed by atoms with E-state index in [1.54, 1.807) is 63.2 Å². The number of anilines is 1. The highest BCUT2D eigenvalue weighted by atomic mass is 32.2. The maximum absolute atomic E-state index is 13.8. The van der Waals surface area contributed by atoms with Gasteiger partial charge in [-0.15, -0.1) is 10.2 Å². The molecule has 2 aromatic heterocycles. The summed E-state index contributed by atoms with van der Waals surface area (Å²) in [5.74, 6) is -0.897. The molecule has 1 aliphatic heterocycles. The number of piperidine rings is 1. The molecule has 3 aromatic rings. The van der Waals surface area contributed by atoms with Gasteiger partial charge in [0.05, 0.1) is 28.7 Å². The van der Waals surface area contributed by atoms with Gasteiger partial charge in [-0.2, -0.15) is 8.78 Å². The number of para-hydroxylation sites is 1. The van der Waals surface area contributed by atoms with Crippen LogP contribution >= 0.6 is 0 Å². The zero-order valence-corrected chi connectivity index (χ0v) is 22.1. The number of carbonyl (C=O) groups excluding carboxylic acids is 1. The number of pyridine rings is 1. The van der Waals surface area contributed by atoms with Gasteiger partial charge in [0.25, 0.3) is 5.89 Å². The number of benzene rings is 1. The van der Waals surface area contributed by atoms with E-state index in [0.29, 0.717) is 16.9 Å². The molecule has 0 bridgehead atoms. The van der Waals surface area contributed by atoms with Crippen LogP contribution in [-0.4, -0.2) is 58.5 Å². The first kappa shape index (κ1) is 27.4. The fourth-order valence-corrected chi connectivity index (χ4v) is 5.89. The standard InChI is InChI=1S/C25H29F2N5O5S/c1-25(2,3)37-24(33)31-13-11-20(12-14-31)38(34,35)32(19-7-5-4-6-8-19)16-18-10-9-17(15-28-18)22-29-30-23(36-22)21(26)27/h4-10,15,20-21H,11-14,16H2,1-3H3. The van der Waals surface area contributed by atoms with Gasteiger partial charge in [0.15, 0.2) is 0 Å². The fourth-order valence-electron chi connectivity index (χ4n) is 4.00. The molecular formula is C25H29F2N5O5S. The highest BCUT2D eigenvalue weighted by Crippen LogP contribution is 2.29. The van der Waals surface area contributed by atoms with Crippen molar-refractivity contribution in [2.24, 2.45) is 0 Å². The number of hydrogen-bond acceptors (Lipinski definition) is 8. The summed E-state index contributed by atoms with van der Waals surface area (Å²) in [7, 11) is -3.84. The van der Waals surface area contributed by atoms with Gasteiger partial charge in [0.1, 0.15) is 5.60 Å². The van der Waals surface area contributed by atoms with Crippen molar-refractivity contribution in [1.82, 2.24) is 20.1 Å². The van der Waals surface area contributed by atoms with Gasteiger partial charge in [-0.25, -0.2) is 13.2 Å². The maximum atomic E-state index is 13.8. The molecule has 3 heterocycles. The number of alkyl halides is 2. The number of carbonyl (C=O) groups is 1. The number of hydrogen-bond donors (Lipinski definition) is 0. The van der Waals surface area contributed by atoms with E-state index in [1.165, 1.54) is 15.4 Å². The van der Waals surface area contributed by atoms with Crippen LogP contribution in [0, 0.1) is 0 Å². The lowest BCUT2D eigenvalue weighted by molar-refractivity contribution is 0.0217.